The van der Waals surface area contributed by atoms with Gasteiger partial charge in [0.25, 0.3) is 0 Å². The van der Waals surface area contributed by atoms with E-state index in [2.05, 4.69) is 10.4 Å². The Bertz CT molecular complexity index is 444. The van der Waals surface area contributed by atoms with Crippen LogP contribution in [-0.2, 0) is 0 Å². The van der Waals surface area contributed by atoms with E-state index >= 15 is 0 Å². The van der Waals surface area contributed by atoms with E-state index in [1.54, 1.807) is 4.90 Å². The van der Waals surface area contributed by atoms with Crippen LogP contribution in [0.2, 0.25) is 0 Å². The second kappa shape index (κ2) is 6.12. The largest absolute Gasteiger partial charge is 0.394 e. The molecule has 1 aliphatic heterocycles. The van der Waals surface area contributed by atoms with Crippen LogP contribution in [0, 0.1) is 11.6 Å². The Morgan fingerprint density at radius 2 is 2.16 bits per heavy atom. The third kappa shape index (κ3) is 2.93. The van der Waals surface area contributed by atoms with Crippen molar-refractivity contribution in [2.24, 2.45) is 5.84 Å². The van der Waals surface area contributed by atoms with Gasteiger partial charge < -0.3 is 15.4 Å². The van der Waals surface area contributed by atoms with Crippen molar-refractivity contribution in [3.63, 3.8) is 0 Å². The predicted molar refractivity (Wildman–Crippen MR) is 68.7 cm³/mol. The van der Waals surface area contributed by atoms with Crippen molar-refractivity contribution in [3.8, 4) is 0 Å². The van der Waals surface area contributed by atoms with Gasteiger partial charge in [0.2, 0.25) is 0 Å². The van der Waals surface area contributed by atoms with Gasteiger partial charge in [0.1, 0.15) is 0 Å². The highest BCUT2D eigenvalue weighted by Crippen LogP contribution is 2.27. The molecular weight excluding hydrogens is 254 g/mol. The number of hydrogen-bond donors (Lipinski definition) is 3. The van der Waals surface area contributed by atoms with Crippen LogP contribution >= 0.6 is 0 Å². The van der Waals surface area contributed by atoms with E-state index in [0.29, 0.717) is 6.54 Å². The van der Waals surface area contributed by atoms with E-state index in [9.17, 15) is 13.9 Å². The number of nitrogens with two attached hydrogens (primary N) is 1. The van der Waals surface area contributed by atoms with Crippen molar-refractivity contribution in [3.05, 3.63) is 17.7 Å². The summed E-state index contributed by atoms with van der Waals surface area (Å²) in [5.41, 5.74) is 2.11. The molecular formula is C12H18F2N4O. The number of aromatic nitrogens is 1. The fourth-order valence-corrected chi connectivity index (χ4v) is 2.41. The highest BCUT2D eigenvalue weighted by molar-refractivity contribution is 5.49. The van der Waals surface area contributed by atoms with Gasteiger partial charge in [0.05, 0.1) is 12.6 Å². The number of anilines is 2. The molecule has 1 unspecified atom stereocenters. The molecule has 1 atom stereocenters. The van der Waals surface area contributed by atoms with Crippen molar-refractivity contribution in [2.75, 3.05) is 23.5 Å². The number of aliphatic hydroxyl groups excluding tert-OH is 1. The second-order valence-electron chi connectivity index (χ2n) is 4.65. The van der Waals surface area contributed by atoms with Crippen molar-refractivity contribution in [2.45, 2.75) is 31.7 Å². The minimum Gasteiger partial charge on any atom is -0.394 e. The lowest BCUT2D eigenvalue weighted by molar-refractivity contribution is 0.254. The number of halogens is 2. The minimum absolute atomic E-state index is 0.0373. The zero-order chi connectivity index (χ0) is 13.8. The SMILES string of the molecule is NNc1nc(N2CCCCCC2CO)c(F)cc1F. The Balaban J connectivity index is 2.37. The van der Waals surface area contributed by atoms with Crippen LogP contribution in [0.15, 0.2) is 6.07 Å². The molecule has 1 aromatic rings. The summed E-state index contributed by atoms with van der Waals surface area (Å²) >= 11 is 0. The first-order chi connectivity index (χ1) is 9.17. The summed E-state index contributed by atoms with van der Waals surface area (Å²) in [5, 5.41) is 9.41. The van der Waals surface area contributed by atoms with Crippen LogP contribution < -0.4 is 16.2 Å². The third-order valence-electron chi connectivity index (χ3n) is 3.41. The summed E-state index contributed by atoms with van der Waals surface area (Å²) in [6.07, 6.45) is 3.66. The molecule has 7 heteroatoms. The topological polar surface area (TPSA) is 74.4 Å². The average molecular weight is 272 g/mol. The molecule has 0 aromatic carbocycles. The Morgan fingerprint density at radius 3 is 2.84 bits per heavy atom. The van der Waals surface area contributed by atoms with Crippen LogP contribution in [0.1, 0.15) is 25.7 Å². The molecule has 5 nitrogen and oxygen atoms in total. The summed E-state index contributed by atoms with van der Waals surface area (Å²) in [4.78, 5) is 5.58. The Hall–Kier alpha value is -1.47. The number of hydrogen-bond acceptors (Lipinski definition) is 5. The van der Waals surface area contributed by atoms with E-state index in [-0.39, 0.29) is 24.3 Å². The molecule has 1 aromatic heterocycles. The second-order valence-corrected chi connectivity index (χ2v) is 4.65. The van der Waals surface area contributed by atoms with Gasteiger partial charge in [-0.1, -0.05) is 12.8 Å². The maximum absolute atomic E-state index is 13.9. The Kier molecular flexibility index (Phi) is 4.49. The van der Waals surface area contributed by atoms with E-state index in [1.807, 2.05) is 0 Å². The third-order valence-corrected chi connectivity index (χ3v) is 3.41. The van der Waals surface area contributed by atoms with Crippen LogP contribution in [0.3, 0.4) is 0 Å². The zero-order valence-electron chi connectivity index (χ0n) is 10.6. The van der Waals surface area contributed by atoms with Gasteiger partial charge in [-0.25, -0.2) is 19.6 Å². The number of pyridine rings is 1. The molecule has 0 aliphatic carbocycles. The molecule has 0 amide bonds. The molecule has 1 fully saturated rings. The van der Waals surface area contributed by atoms with Gasteiger partial charge in [0.15, 0.2) is 23.3 Å². The molecule has 0 spiro atoms. The van der Waals surface area contributed by atoms with Crippen LogP contribution in [-0.4, -0.2) is 29.3 Å². The summed E-state index contributed by atoms with van der Waals surface area (Å²) in [6.45, 7) is 0.509. The number of nitrogen functional groups attached to an aromatic ring is 1. The van der Waals surface area contributed by atoms with Crippen LogP contribution in [0.5, 0.6) is 0 Å². The molecule has 2 rings (SSSR count). The molecule has 1 aliphatic rings. The van der Waals surface area contributed by atoms with Gasteiger partial charge in [-0.3, -0.25) is 0 Å². The fourth-order valence-electron chi connectivity index (χ4n) is 2.41. The van der Waals surface area contributed by atoms with Gasteiger partial charge in [0, 0.05) is 12.6 Å². The number of hydrazine groups is 1. The molecule has 19 heavy (non-hydrogen) atoms. The molecule has 0 bridgehead atoms. The zero-order valence-corrected chi connectivity index (χ0v) is 10.6. The van der Waals surface area contributed by atoms with Gasteiger partial charge in [-0.05, 0) is 12.8 Å². The molecule has 106 valence electrons. The van der Waals surface area contributed by atoms with E-state index in [1.165, 1.54) is 0 Å². The van der Waals surface area contributed by atoms with Gasteiger partial charge in [-0.2, -0.15) is 0 Å². The first-order valence-corrected chi connectivity index (χ1v) is 6.37. The highest BCUT2D eigenvalue weighted by Gasteiger charge is 2.25. The fraction of sp³-hybridized carbons (Fsp3) is 0.583. The summed E-state index contributed by atoms with van der Waals surface area (Å²) in [6, 6.07) is 0.567. The summed E-state index contributed by atoms with van der Waals surface area (Å²) < 4.78 is 27.2. The lowest BCUT2D eigenvalue weighted by atomic mass is 10.1. The van der Waals surface area contributed by atoms with Crippen molar-refractivity contribution in [1.82, 2.24) is 4.98 Å². The maximum atomic E-state index is 13.9. The maximum Gasteiger partial charge on any atom is 0.178 e. The Morgan fingerprint density at radius 1 is 1.37 bits per heavy atom. The van der Waals surface area contributed by atoms with Gasteiger partial charge >= 0.3 is 0 Å². The van der Waals surface area contributed by atoms with Crippen LogP contribution in [0.25, 0.3) is 0 Å². The summed E-state index contributed by atoms with van der Waals surface area (Å²) in [5.74, 6) is 3.42. The molecule has 0 saturated carbocycles. The van der Waals surface area contributed by atoms with Gasteiger partial charge in [-0.15, -0.1) is 0 Å². The molecule has 0 radical (unpaired) electrons. The van der Waals surface area contributed by atoms with E-state index in [4.69, 9.17) is 5.84 Å². The molecule has 2 heterocycles. The number of nitrogens with zero attached hydrogens (tertiary/aromatic N) is 2. The average Bonchev–Trinajstić information content (AvgIpc) is 2.64. The monoisotopic (exact) mass is 272 g/mol. The quantitative estimate of drug-likeness (QED) is 0.572. The van der Waals surface area contributed by atoms with E-state index in [0.717, 1.165) is 31.7 Å². The highest BCUT2D eigenvalue weighted by atomic mass is 19.1. The molecule has 4 N–H and O–H groups in total. The Labute approximate surface area is 110 Å². The van der Waals surface area contributed by atoms with Crippen molar-refractivity contribution in [1.29, 1.82) is 0 Å². The lowest BCUT2D eigenvalue weighted by Crippen LogP contribution is -2.39. The molecule has 1 saturated heterocycles. The number of aliphatic hydroxyl groups is 1. The number of nitrogens with one attached hydrogen (secondary N) is 1. The van der Waals surface area contributed by atoms with Crippen molar-refractivity contribution >= 4 is 11.6 Å². The standard InChI is InChI=1S/C12H18F2N4O/c13-9-6-10(14)12(16-11(9)17-15)18-5-3-1-2-4-8(18)7-19/h6,8,19H,1-5,7,15H2,(H,16,17). The lowest BCUT2D eigenvalue weighted by Gasteiger charge is -2.30. The number of rotatable bonds is 3. The minimum atomic E-state index is -0.834. The predicted octanol–water partition coefficient (Wildman–Crippen LogP) is 1.39. The summed E-state index contributed by atoms with van der Waals surface area (Å²) in [7, 11) is 0. The van der Waals surface area contributed by atoms with Crippen molar-refractivity contribution < 1.29 is 13.9 Å². The first kappa shape index (κ1) is 14.0. The smallest absolute Gasteiger partial charge is 0.178 e. The van der Waals surface area contributed by atoms with E-state index < -0.39 is 11.6 Å². The normalized spacial score (nSPS) is 20.2. The van der Waals surface area contributed by atoms with Crippen LogP contribution in [0.4, 0.5) is 20.4 Å². The first-order valence-electron chi connectivity index (χ1n) is 6.37.